The van der Waals surface area contributed by atoms with Crippen LogP contribution in [0, 0.1) is 0 Å². The maximum Gasteiger partial charge on any atom is 0.412 e. The van der Waals surface area contributed by atoms with E-state index in [2.05, 4.69) is 15.7 Å². The number of hydrogen-bond donors (Lipinski definition) is 2. The van der Waals surface area contributed by atoms with Gasteiger partial charge in [0.05, 0.1) is 13.0 Å². The molecule has 0 bridgehead atoms. The topological polar surface area (TPSA) is 85.3 Å². The first-order valence-corrected chi connectivity index (χ1v) is 8.57. The van der Waals surface area contributed by atoms with Crippen LogP contribution in [-0.4, -0.2) is 33.4 Å². The summed E-state index contributed by atoms with van der Waals surface area (Å²) in [7, 11) is 0. The zero-order valence-corrected chi connectivity index (χ0v) is 15.7. The van der Waals surface area contributed by atoms with E-state index in [-0.39, 0.29) is 18.4 Å². The van der Waals surface area contributed by atoms with Crippen molar-refractivity contribution in [3.05, 3.63) is 48.3 Å². The molecule has 2 aromatic rings. The minimum atomic E-state index is -0.547. The number of ether oxygens (including phenoxy) is 1. The van der Waals surface area contributed by atoms with Crippen molar-refractivity contribution >= 4 is 17.7 Å². The fourth-order valence-corrected chi connectivity index (χ4v) is 2.37. The van der Waals surface area contributed by atoms with E-state index in [1.165, 1.54) is 0 Å². The number of rotatable bonds is 6. The van der Waals surface area contributed by atoms with Gasteiger partial charge in [0.25, 0.3) is 0 Å². The summed E-state index contributed by atoms with van der Waals surface area (Å²) < 4.78 is 6.98. The van der Waals surface area contributed by atoms with Gasteiger partial charge in [0.1, 0.15) is 5.60 Å². The number of nitrogens with one attached hydrogen (secondary N) is 2. The fourth-order valence-electron chi connectivity index (χ4n) is 2.37. The summed E-state index contributed by atoms with van der Waals surface area (Å²) >= 11 is 0. The van der Waals surface area contributed by atoms with Crippen molar-refractivity contribution in [2.24, 2.45) is 0 Å². The number of aromatic nitrogens is 2. The van der Waals surface area contributed by atoms with E-state index >= 15 is 0 Å². The van der Waals surface area contributed by atoms with Crippen LogP contribution < -0.4 is 10.6 Å². The average Bonchev–Trinajstić information content (AvgIpc) is 2.99. The third-order valence-electron chi connectivity index (χ3n) is 3.39. The maximum absolute atomic E-state index is 12.1. The van der Waals surface area contributed by atoms with Gasteiger partial charge in [-0.25, -0.2) is 4.79 Å². The lowest BCUT2D eigenvalue weighted by atomic mass is 10.1. The molecule has 0 aliphatic rings. The highest BCUT2D eigenvalue weighted by Gasteiger charge is 2.16. The third-order valence-corrected chi connectivity index (χ3v) is 3.39. The minimum absolute atomic E-state index is 0.0180. The number of hydrogen-bond acceptors (Lipinski definition) is 4. The lowest BCUT2D eigenvalue weighted by molar-refractivity contribution is -0.121. The van der Waals surface area contributed by atoms with Gasteiger partial charge in [-0.15, -0.1) is 0 Å². The monoisotopic (exact) mass is 358 g/mol. The summed E-state index contributed by atoms with van der Waals surface area (Å²) in [5, 5.41) is 9.74. The van der Waals surface area contributed by atoms with Crippen molar-refractivity contribution in [2.45, 2.75) is 52.3 Å². The van der Waals surface area contributed by atoms with Gasteiger partial charge in [-0.05, 0) is 51.5 Å². The number of carbonyl (C=O) groups is 2. The zero-order valence-electron chi connectivity index (χ0n) is 15.7. The third kappa shape index (κ3) is 6.96. The molecule has 0 radical (unpaired) electrons. The van der Waals surface area contributed by atoms with Crippen LogP contribution in [0.4, 0.5) is 10.5 Å². The Morgan fingerprint density at radius 2 is 1.92 bits per heavy atom. The molecule has 2 rings (SSSR count). The standard InChI is InChI=1S/C19H26N4O3/c1-14(13-23-11-5-10-20-23)21-17(24)12-15-6-8-16(9-7-15)22-18(25)26-19(2,3)4/h5-11,14H,12-13H2,1-4H3,(H,21,24)(H,22,25). The van der Waals surface area contributed by atoms with Gasteiger partial charge >= 0.3 is 6.09 Å². The fraction of sp³-hybridized carbons (Fsp3) is 0.421. The summed E-state index contributed by atoms with van der Waals surface area (Å²) in [6.45, 7) is 7.98. The number of carbonyl (C=O) groups excluding carboxylic acids is 2. The lowest BCUT2D eigenvalue weighted by Gasteiger charge is -2.19. The van der Waals surface area contributed by atoms with Crippen LogP contribution in [0.15, 0.2) is 42.7 Å². The van der Waals surface area contributed by atoms with E-state index in [4.69, 9.17) is 4.74 Å². The quantitative estimate of drug-likeness (QED) is 0.831. The van der Waals surface area contributed by atoms with Crippen molar-refractivity contribution in [3.63, 3.8) is 0 Å². The largest absolute Gasteiger partial charge is 0.444 e. The summed E-state index contributed by atoms with van der Waals surface area (Å²) in [6.07, 6.45) is 3.34. The van der Waals surface area contributed by atoms with Crippen molar-refractivity contribution in [1.82, 2.24) is 15.1 Å². The Kier molecular flexibility index (Phi) is 6.38. The summed E-state index contributed by atoms with van der Waals surface area (Å²) in [5.74, 6) is -0.0579. The smallest absolute Gasteiger partial charge is 0.412 e. The van der Waals surface area contributed by atoms with E-state index in [0.29, 0.717) is 12.2 Å². The lowest BCUT2D eigenvalue weighted by Crippen LogP contribution is -2.36. The molecule has 0 fully saturated rings. The Morgan fingerprint density at radius 3 is 2.50 bits per heavy atom. The molecule has 0 aliphatic heterocycles. The van der Waals surface area contributed by atoms with Gasteiger partial charge in [0.15, 0.2) is 0 Å². The van der Waals surface area contributed by atoms with Crippen LogP contribution in [0.3, 0.4) is 0 Å². The Labute approximate surface area is 153 Å². The second-order valence-corrected chi connectivity index (χ2v) is 7.20. The molecule has 26 heavy (non-hydrogen) atoms. The van der Waals surface area contributed by atoms with Crippen molar-refractivity contribution < 1.29 is 14.3 Å². The van der Waals surface area contributed by atoms with Gasteiger partial charge < -0.3 is 10.1 Å². The van der Waals surface area contributed by atoms with Gasteiger partial charge in [-0.3, -0.25) is 14.8 Å². The van der Waals surface area contributed by atoms with Gasteiger partial charge in [-0.2, -0.15) is 5.10 Å². The second-order valence-electron chi connectivity index (χ2n) is 7.20. The molecular weight excluding hydrogens is 332 g/mol. The molecule has 1 aromatic heterocycles. The van der Waals surface area contributed by atoms with Crippen LogP contribution in [0.1, 0.15) is 33.3 Å². The highest BCUT2D eigenvalue weighted by Crippen LogP contribution is 2.13. The van der Waals surface area contributed by atoms with Crippen LogP contribution in [0.5, 0.6) is 0 Å². The first kappa shape index (κ1) is 19.5. The highest BCUT2D eigenvalue weighted by molar-refractivity contribution is 5.85. The van der Waals surface area contributed by atoms with Crippen molar-refractivity contribution in [3.8, 4) is 0 Å². The predicted molar refractivity (Wildman–Crippen MR) is 99.8 cm³/mol. The van der Waals surface area contributed by atoms with E-state index < -0.39 is 11.7 Å². The Hall–Kier alpha value is -2.83. The van der Waals surface area contributed by atoms with Crippen molar-refractivity contribution in [2.75, 3.05) is 5.32 Å². The van der Waals surface area contributed by atoms with Crippen LogP contribution in [-0.2, 0) is 22.5 Å². The normalized spacial score (nSPS) is 12.3. The van der Waals surface area contributed by atoms with E-state index in [9.17, 15) is 9.59 Å². The molecule has 1 heterocycles. The average molecular weight is 358 g/mol. The van der Waals surface area contributed by atoms with Crippen LogP contribution in [0.2, 0.25) is 0 Å². The molecule has 0 saturated heterocycles. The number of nitrogens with zero attached hydrogens (tertiary/aromatic N) is 2. The first-order valence-electron chi connectivity index (χ1n) is 8.57. The summed E-state index contributed by atoms with van der Waals surface area (Å²) in [6, 6.07) is 8.95. The first-order chi connectivity index (χ1) is 12.2. The Bertz CT molecular complexity index is 718. The van der Waals surface area contributed by atoms with Gasteiger partial charge in [0.2, 0.25) is 5.91 Å². The highest BCUT2D eigenvalue weighted by atomic mass is 16.6. The molecule has 2 N–H and O–H groups in total. The SMILES string of the molecule is CC(Cn1cccn1)NC(=O)Cc1ccc(NC(=O)OC(C)(C)C)cc1. The Morgan fingerprint density at radius 1 is 1.23 bits per heavy atom. The van der Waals surface area contributed by atoms with E-state index in [0.717, 1.165) is 5.56 Å². The summed E-state index contributed by atoms with van der Waals surface area (Å²) in [5.41, 5.74) is 0.939. The van der Waals surface area contributed by atoms with E-state index in [1.54, 1.807) is 23.0 Å². The van der Waals surface area contributed by atoms with Crippen LogP contribution in [0.25, 0.3) is 0 Å². The molecule has 0 spiro atoms. The molecule has 7 nitrogen and oxygen atoms in total. The van der Waals surface area contributed by atoms with Gasteiger partial charge in [0, 0.05) is 24.1 Å². The summed E-state index contributed by atoms with van der Waals surface area (Å²) in [4.78, 5) is 23.9. The predicted octanol–water partition coefficient (Wildman–Crippen LogP) is 2.98. The number of amides is 2. The minimum Gasteiger partial charge on any atom is -0.444 e. The van der Waals surface area contributed by atoms with Crippen LogP contribution >= 0.6 is 0 Å². The zero-order chi connectivity index (χ0) is 19.2. The molecule has 1 aromatic carbocycles. The maximum atomic E-state index is 12.1. The van der Waals surface area contributed by atoms with Gasteiger partial charge in [-0.1, -0.05) is 12.1 Å². The number of anilines is 1. The number of benzene rings is 1. The van der Waals surface area contributed by atoms with Crippen molar-refractivity contribution in [1.29, 1.82) is 0 Å². The molecular formula is C19H26N4O3. The second kappa shape index (κ2) is 8.51. The molecule has 0 aliphatic carbocycles. The molecule has 2 amide bonds. The molecule has 0 saturated carbocycles. The molecule has 7 heteroatoms. The van der Waals surface area contributed by atoms with E-state index in [1.807, 2.05) is 52.1 Å². The Balaban J connectivity index is 1.80. The molecule has 140 valence electrons. The molecule has 1 unspecified atom stereocenters. The molecule has 1 atom stereocenters.